The number of piperidine rings is 2. The predicted octanol–water partition coefficient (Wildman–Crippen LogP) is 3.50. The molecule has 25 heavy (non-hydrogen) atoms. The summed E-state index contributed by atoms with van der Waals surface area (Å²) in [6.07, 6.45) is 3.97. The molecule has 0 saturated carbocycles. The van der Waals surface area contributed by atoms with Gasteiger partial charge in [-0.25, -0.2) is 4.79 Å². The average molecular weight is 343 g/mol. The number of likely N-dealkylation sites (tertiary alicyclic amines) is 2. The van der Waals surface area contributed by atoms with Gasteiger partial charge in [-0.15, -0.1) is 0 Å². The maximum Gasteiger partial charge on any atom is 0.321 e. The van der Waals surface area contributed by atoms with E-state index in [1.807, 2.05) is 36.1 Å². The molecular weight excluding hydrogens is 314 g/mol. The minimum Gasteiger partial charge on any atom is -0.342 e. The van der Waals surface area contributed by atoms with Crippen molar-refractivity contribution in [3.8, 4) is 0 Å². The first-order valence-electron chi connectivity index (χ1n) is 9.44. The lowest BCUT2D eigenvalue weighted by atomic mass is 9.93. The number of carbonyl (C=O) groups excluding carboxylic acids is 2. The van der Waals surface area contributed by atoms with E-state index in [-0.39, 0.29) is 17.9 Å². The number of hydrogen-bond acceptors (Lipinski definition) is 2. The Morgan fingerprint density at radius 3 is 2.36 bits per heavy atom. The van der Waals surface area contributed by atoms with Crippen LogP contribution in [0.4, 0.5) is 10.5 Å². The molecule has 2 saturated heterocycles. The number of nitrogens with zero attached hydrogens (tertiary/aromatic N) is 2. The highest BCUT2D eigenvalue weighted by Gasteiger charge is 2.32. The molecule has 0 aliphatic carbocycles. The van der Waals surface area contributed by atoms with Crippen LogP contribution in [0.15, 0.2) is 24.3 Å². The van der Waals surface area contributed by atoms with Gasteiger partial charge in [0, 0.05) is 31.9 Å². The molecule has 1 atom stereocenters. The van der Waals surface area contributed by atoms with E-state index in [2.05, 4.69) is 12.2 Å². The van der Waals surface area contributed by atoms with Crippen LogP contribution in [-0.2, 0) is 4.79 Å². The molecule has 0 aromatic heterocycles. The summed E-state index contributed by atoms with van der Waals surface area (Å²) in [5.41, 5.74) is 1.96. The average Bonchev–Trinajstić information content (AvgIpc) is 2.64. The Labute approximate surface area is 150 Å². The van der Waals surface area contributed by atoms with Crippen molar-refractivity contribution < 1.29 is 9.59 Å². The van der Waals surface area contributed by atoms with Crippen LogP contribution in [0.2, 0.25) is 0 Å². The van der Waals surface area contributed by atoms with Gasteiger partial charge in [-0.05, 0) is 50.7 Å². The van der Waals surface area contributed by atoms with E-state index in [0.29, 0.717) is 12.5 Å². The number of hydrogen-bond donors (Lipinski definition) is 1. The van der Waals surface area contributed by atoms with Crippen LogP contribution in [0.3, 0.4) is 0 Å². The maximum absolute atomic E-state index is 12.8. The molecule has 0 bridgehead atoms. The lowest BCUT2D eigenvalue weighted by Crippen LogP contribution is -2.49. The Balaban J connectivity index is 1.55. The molecular formula is C20H29N3O2. The summed E-state index contributed by atoms with van der Waals surface area (Å²) in [5, 5.41) is 2.95. The number of benzene rings is 1. The van der Waals surface area contributed by atoms with Gasteiger partial charge in [0.15, 0.2) is 0 Å². The number of urea groups is 1. The summed E-state index contributed by atoms with van der Waals surface area (Å²) >= 11 is 0. The second-order valence-electron chi connectivity index (χ2n) is 7.59. The number of nitrogens with one attached hydrogen (secondary N) is 1. The zero-order valence-electron chi connectivity index (χ0n) is 15.3. The van der Waals surface area contributed by atoms with Crippen LogP contribution in [0.25, 0.3) is 0 Å². The molecule has 0 unspecified atom stereocenters. The molecule has 5 heteroatoms. The number of rotatable bonds is 2. The van der Waals surface area contributed by atoms with E-state index < -0.39 is 0 Å². The molecule has 2 aliphatic heterocycles. The molecule has 1 aromatic carbocycles. The predicted molar refractivity (Wildman–Crippen MR) is 99.5 cm³/mol. The van der Waals surface area contributed by atoms with Crippen molar-refractivity contribution in [2.75, 3.05) is 31.5 Å². The van der Waals surface area contributed by atoms with Gasteiger partial charge >= 0.3 is 6.03 Å². The second-order valence-corrected chi connectivity index (χ2v) is 7.59. The van der Waals surface area contributed by atoms with E-state index in [4.69, 9.17) is 0 Å². The minimum absolute atomic E-state index is 0.0501. The summed E-state index contributed by atoms with van der Waals surface area (Å²) < 4.78 is 0. The fraction of sp³-hybridized carbons (Fsp3) is 0.600. The molecule has 5 nitrogen and oxygen atoms in total. The molecule has 0 spiro atoms. The van der Waals surface area contributed by atoms with Gasteiger partial charge in [0.05, 0.1) is 5.92 Å². The van der Waals surface area contributed by atoms with Crippen molar-refractivity contribution >= 4 is 17.6 Å². The first kappa shape index (κ1) is 17.8. The fourth-order valence-electron chi connectivity index (χ4n) is 3.69. The van der Waals surface area contributed by atoms with E-state index >= 15 is 0 Å². The van der Waals surface area contributed by atoms with Gasteiger partial charge in [-0.1, -0.05) is 24.6 Å². The third-order valence-corrected chi connectivity index (χ3v) is 5.46. The van der Waals surface area contributed by atoms with Crippen molar-refractivity contribution in [2.45, 2.75) is 39.5 Å². The van der Waals surface area contributed by atoms with Gasteiger partial charge in [0.25, 0.3) is 0 Å². The van der Waals surface area contributed by atoms with Crippen LogP contribution in [-0.4, -0.2) is 47.9 Å². The van der Waals surface area contributed by atoms with E-state index in [1.54, 1.807) is 4.90 Å². The Kier molecular flexibility index (Phi) is 5.61. The van der Waals surface area contributed by atoms with Gasteiger partial charge in [-0.2, -0.15) is 0 Å². The third-order valence-electron chi connectivity index (χ3n) is 5.46. The molecule has 2 aliphatic rings. The van der Waals surface area contributed by atoms with Gasteiger partial charge in [0.1, 0.15) is 0 Å². The van der Waals surface area contributed by atoms with Crippen molar-refractivity contribution in [3.05, 3.63) is 29.8 Å². The topological polar surface area (TPSA) is 52.7 Å². The monoisotopic (exact) mass is 343 g/mol. The Morgan fingerprint density at radius 1 is 1.00 bits per heavy atom. The zero-order chi connectivity index (χ0) is 17.8. The maximum atomic E-state index is 12.8. The van der Waals surface area contributed by atoms with Gasteiger partial charge < -0.3 is 15.1 Å². The van der Waals surface area contributed by atoms with Crippen LogP contribution < -0.4 is 5.32 Å². The summed E-state index contributed by atoms with van der Waals surface area (Å²) in [6.45, 7) is 7.26. The van der Waals surface area contributed by atoms with Crippen LogP contribution in [0.1, 0.15) is 38.2 Å². The van der Waals surface area contributed by atoms with E-state index in [9.17, 15) is 9.59 Å². The van der Waals surface area contributed by atoms with Crippen molar-refractivity contribution in [1.82, 2.24) is 9.80 Å². The third kappa shape index (κ3) is 4.53. The number of carbonyl (C=O) groups is 2. The highest BCUT2D eigenvalue weighted by Crippen LogP contribution is 2.23. The first-order valence-corrected chi connectivity index (χ1v) is 9.44. The second kappa shape index (κ2) is 7.89. The highest BCUT2D eigenvalue weighted by atomic mass is 16.2. The summed E-state index contributed by atoms with van der Waals surface area (Å²) in [5.74, 6) is 0.901. The zero-order valence-corrected chi connectivity index (χ0v) is 15.3. The Morgan fingerprint density at radius 2 is 1.68 bits per heavy atom. The van der Waals surface area contributed by atoms with E-state index in [1.165, 1.54) is 0 Å². The molecule has 136 valence electrons. The molecule has 1 N–H and O–H groups in total. The van der Waals surface area contributed by atoms with Gasteiger partial charge in [0.2, 0.25) is 5.91 Å². The molecule has 3 amide bonds. The number of aryl methyl sites for hydroxylation is 1. The van der Waals surface area contributed by atoms with E-state index in [0.717, 1.165) is 56.6 Å². The van der Waals surface area contributed by atoms with Gasteiger partial charge in [-0.3, -0.25) is 4.79 Å². The van der Waals surface area contributed by atoms with Crippen LogP contribution in [0.5, 0.6) is 0 Å². The minimum atomic E-state index is -0.103. The normalized spacial score (nSPS) is 21.9. The molecule has 0 radical (unpaired) electrons. The standard InChI is InChI=1S/C20H29N3O2/c1-15-5-7-18(8-6-15)21-20(25)23-11-3-4-17(14-23)19(24)22-12-9-16(2)10-13-22/h5-8,16-17H,3-4,9-14H2,1-2H3,(H,21,25)/t17-/m1/s1. The number of anilines is 1. The van der Waals surface area contributed by atoms with Crippen LogP contribution in [0, 0.1) is 18.8 Å². The Bertz CT molecular complexity index is 606. The SMILES string of the molecule is Cc1ccc(NC(=O)N2CCC[C@@H](C(=O)N3CCC(C)CC3)C2)cc1. The summed E-state index contributed by atoms with van der Waals surface area (Å²) in [6, 6.07) is 7.68. The summed E-state index contributed by atoms with van der Waals surface area (Å²) in [4.78, 5) is 29.1. The molecule has 2 fully saturated rings. The largest absolute Gasteiger partial charge is 0.342 e. The quantitative estimate of drug-likeness (QED) is 0.893. The lowest BCUT2D eigenvalue weighted by Gasteiger charge is -2.37. The van der Waals surface area contributed by atoms with Crippen molar-refractivity contribution in [3.63, 3.8) is 0 Å². The highest BCUT2D eigenvalue weighted by molar-refractivity contribution is 5.90. The fourth-order valence-corrected chi connectivity index (χ4v) is 3.69. The number of amides is 3. The lowest BCUT2D eigenvalue weighted by molar-refractivity contribution is -0.138. The Hall–Kier alpha value is -2.04. The molecule has 3 rings (SSSR count). The smallest absolute Gasteiger partial charge is 0.321 e. The van der Waals surface area contributed by atoms with Crippen molar-refractivity contribution in [2.24, 2.45) is 11.8 Å². The van der Waals surface area contributed by atoms with Crippen LogP contribution >= 0.6 is 0 Å². The van der Waals surface area contributed by atoms with Crippen molar-refractivity contribution in [1.29, 1.82) is 0 Å². The molecule has 2 heterocycles. The first-order chi connectivity index (χ1) is 12.0. The molecule has 1 aromatic rings. The summed E-state index contributed by atoms with van der Waals surface area (Å²) in [7, 11) is 0.